The average molecular weight is 327 g/mol. The predicted octanol–water partition coefficient (Wildman–Crippen LogP) is 0.921. The summed E-state index contributed by atoms with van der Waals surface area (Å²) in [5.74, 6) is -0.909. The van der Waals surface area contributed by atoms with Crippen molar-refractivity contribution in [3.05, 3.63) is 29.8 Å². The maximum absolute atomic E-state index is 12.6. The molecule has 1 heterocycles. The van der Waals surface area contributed by atoms with E-state index >= 15 is 0 Å². The zero-order valence-corrected chi connectivity index (χ0v) is 12.6. The van der Waals surface area contributed by atoms with E-state index in [0.717, 1.165) is 0 Å². The number of para-hydroxylation sites is 1. The summed E-state index contributed by atoms with van der Waals surface area (Å²) in [5, 5.41) is 0. The lowest BCUT2D eigenvalue weighted by Crippen LogP contribution is -2.38. The third-order valence-electron chi connectivity index (χ3n) is 3.59. The van der Waals surface area contributed by atoms with Crippen LogP contribution >= 0.6 is 0 Å². The molecular formula is C15H19F2N3O3. The Kier molecular flexibility index (Phi) is 5.86. The molecule has 1 aliphatic rings. The van der Waals surface area contributed by atoms with Crippen LogP contribution in [0.5, 0.6) is 5.75 Å². The molecule has 0 saturated carbocycles. The number of halogens is 2. The lowest BCUT2D eigenvalue weighted by Gasteiger charge is -2.22. The van der Waals surface area contributed by atoms with Gasteiger partial charge in [-0.2, -0.15) is 8.78 Å². The van der Waals surface area contributed by atoms with Crippen LogP contribution < -0.4 is 10.5 Å². The van der Waals surface area contributed by atoms with E-state index in [1.165, 1.54) is 18.2 Å². The van der Waals surface area contributed by atoms with E-state index in [-0.39, 0.29) is 23.8 Å². The smallest absolute Gasteiger partial charge is 0.387 e. The summed E-state index contributed by atoms with van der Waals surface area (Å²) >= 11 is 0. The van der Waals surface area contributed by atoms with Gasteiger partial charge in [-0.25, -0.2) is 0 Å². The third-order valence-corrected chi connectivity index (χ3v) is 3.59. The number of primary amides is 1. The first-order valence-corrected chi connectivity index (χ1v) is 7.31. The van der Waals surface area contributed by atoms with Crippen LogP contribution in [0.3, 0.4) is 0 Å². The Morgan fingerprint density at radius 2 is 1.91 bits per heavy atom. The van der Waals surface area contributed by atoms with Crippen molar-refractivity contribution >= 4 is 11.8 Å². The molecule has 1 aliphatic heterocycles. The summed E-state index contributed by atoms with van der Waals surface area (Å²) in [7, 11) is 0. The van der Waals surface area contributed by atoms with Gasteiger partial charge in [-0.15, -0.1) is 0 Å². The Morgan fingerprint density at radius 3 is 2.61 bits per heavy atom. The second-order valence-electron chi connectivity index (χ2n) is 5.26. The maximum Gasteiger partial charge on any atom is 0.387 e. The summed E-state index contributed by atoms with van der Waals surface area (Å²) in [6, 6.07) is 5.94. The molecule has 0 spiro atoms. The zero-order chi connectivity index (χ0) is 16.8. The Morgan fingerprint density at radius 1 is 1.17 bits per heavy atom. The van der Waals surface area contributed by atoms with Gasteiger partial charge in [0.25, 0.3) is 5.91 Å². The first-order valence-electron chi connectivity index (χ1n) is 7.31. The molecule has 1 aromatic rings. The minimum absolute atomic E-state index is 0.108. The predicted molar refractivity (Wildman–Crippen MR) is 79.2 cm³/mol. The highest BCUT2D eigenvalue weighted by molar-refractivity contribution is 5.97. The van der Waals surface area contributed by atoms with Gasteiger partial charge in [0, 0.05) is 26.2 Å². The van der Waals surface area contributed by atoms with Gasteiger partial charge >= 0.3 is 6.61 Å². The van der Waals surface area contributed by atoms with Gasteiger partial charge in [0.05, 0.1) is 12.1 Å². The molecule has 126 valence electrons. The van der Waals surface area contributed by atoms with Crippen LogP contribution in [0, 0.1) is 0 Å². The number of carbonyl (C=O) groups excluding carboxylic acids is 2. The molecule has 2 amide bonds. The summed E-state index contributed by atoms with van der Waals surface area (Å²) < 4.78 is 29.3. The Labute approximate surface area is 132 Å². The summed E-state index contributed by atoms with van der Waals surface area (Å²) in [5.41, 5.74) is 5.28. The van der Waals surface area contributed by atoms with Gasteiger partial charge in [0.15, 0.2) is 0 Å². The number of hydrogen-bond acceptors (Lipinski definition) is 4. The average Bonchev–Trinajstić information content (AvgIpc) is 2.71. The fourth-order valence-electron chi connectivity index (χ4n) is 2.56. The molecule has 6 nitrogen and oxygen atoms in total. The Hall–Kier alpha value is -2.22. The van der Waals surface area contributed by atoms with E-state index in [0.29, 0.717) is 32.6 Å². The Bertz CT molecular complexity index is 569. The molecule has 1 saturated heterocycles. The highest BCUT2D eigenvalue weighted by Gasteiger charge is 2.23. The van der Waals surface area contributed by atoms with E-state index in [9.17, 15) is 18.4 Å². The van der Waals surface area contributed by atoms with Crippen LogP contribution in [0.25, 0.3) is 0 Å². The first kappa shape index (κ1) is 17.1. The van der Waals surface area contributed by atoms with Crippen LogP contribution in [0.1, 0.15) is 16.8 Å². The number of benzene rings is 1. The molecule has 0 unspecified atom stereocenters. The van der Waals surface area contributed by atoms with Crippen LogP contribution in [0.15, 0.2) is 24.3 Å². The monoisotopic (exact) mass is 327 g/mol. The Balaban J connectivity index is 2.07. The van der Waals surface area contributed by atoms with Crippen molar-refractivity contribution in [3.63, 3.8) is 0 Å². The molecule has 23 heavy (non-hydrogen) atoms. The van der Waals surface area contributed by atoms with E-state index in [4.69, 9.17) is 5.73 Å². The molecule has 2 N–H and O–H groups in total. The number of rotatable bonds is 5. The molecule has 0 aromatic heterocycles. The van der Waals surface area contributed by atoms with Crippen LogP contribution in [-0.2, 0) is 4.79 Å². The minimum Gasteiger partial charge on any atom is -0.434 e. The van der Waals surface area contributed by atoms with Crippen molar-refractivity contribution in [3.8, 4) is 5.75 Å². The molecule has 1 fully saturated rings. The van der Waals surface area contributed by atoms with Crippen LogP contribution in [0.4, 0.5) is 8.78 Å². The fraction of sp³-hybridized carbons (Fsp3) is 0.467. The van der Waals surface area contributed by atoms with E-state index < -0.39 is 12.5 Å². The van der Waals surface area contributed by atoms with Crippen molar-refractivity contribution in [1.29, 1.82) is 0 Å². The second-order valence-corrected chi connectivity index (χ2v) is 5.26. The van der Waals surface area contributed by atoms with Crippen molar-refractivity contribution in [2.45, 2.75) is 13.0 Å². The number of nitrogens with two attached hydrogens (primary N) is 1. The molecular weight excluding hydrogens is 308 g/mol. The lowest BCUT2D eigenvalue weighted by molar-refractivity contribution is -0.119. The van der Waals surface area contributed by atoms with Crippen molar-refractivity contribution < 1.29 is 23.1 Å². The number of hydrogen-bond donors (Lipinski definition) is 1. The molecule has 0 radical (unpaired) electrons. The minimum atomic E-state index is -2.99. The molecule has 0 aliphatic carbocycles. The van der Waals surface area contributed by atoms with Gasteiger partial charge in [-0.1, -0.05) is 12.1 Å². The van der Waals surface area contributed by atoms with Crippen LogP contribution in [0.2, 0.25) is 0 Å². The van der Waals surface area contributed by atoms with Gasteiger partial charge < -0.3 is 15.4 Å². The molecule has 8 heteroatoms. The molecule has 0 atom stereocenters. The lowest BCUT2D eigenvalue weighted by atomic mass is 10.1. The van der Waals surface area contributed by atoms with Gasteiger partial charge in [-0.3, -0.25) is 14.5 Å². The third kappa shape index (κ3) is 4.88. The number of alkyl halides is 2. The van der Waals surface area contributed by atoms with Crippen molar-refractivity contribution in [1.82, 2.24) is 9.80 Å². The van der Waals surface area contributed by atoms with Gasteiger partial charge in [0.1, 0.15) is 5.75 Å². The number of amides is 2. The molecule has 1 aromatic carbocycles. The maximum atomic E-state index is 12.6. The van der Waals surface area contributed by atoms with Crippen LogP contribution in [-0.4, -0.2) is 60.9 Å². The number of carbonyl (C=O) groups is 2. The normalized spacial score (nSPS) is 16.2. The summed E-state index contributed by atoms with van der Waals surface area (Å²) in [6.45, 7) is -0.799. The zero-order valence-electron chi connectivity index (χ0n) is 12.6. The standard InChI is InChI=1S/C15H19F2N3O3/c16-15(17)23-12-5-2-1-4-11(12)14(22)20-7-3-6-19(8-9-20)10-13(18)21/h1-2,4-5,15H,3,6-10H2,(H2,18,21). The van der Waals surface area contributed by atoms with E-state index in [2.05, 4.69) is 4.74 Å². The summed E-state index contributed by atoms with van der Waals surface area (Å²) in [4.78, 5) is 27.0. The molecule has 0 bridgehead atoms. The van der Waals surface area contributed by atoms with E-state index in [1.54, 1.807) is 11.0 Å². The van der Waals surface area contributed by atoms with Gasteiger partial charge in [-0.05, 0) is 18.6 Å². The quantitative estimate of drug-likeness (QED) is 0.873. The van der Waals surface area contributed by atoms with Crippen molar-refractivity contribution in [2.24, 2.45) is 5.73 Å². The second kappa shape index (κ2) is 7.87. The summed E-state index contributed by atoms with van der Waals surface area (Å²) in [6.07, 6.45) is 0.677. The van der Waals surface area contributed by atoms with E-state index in [1.807, 2.05) is 4.90 Å². The first-order chi connectivity index (χ1) is 11.0. The number of nitrogens with zero attached hydrogens (tertiary/aromatic N) is 2. The SMILES string of the molecule is NC(=O)CN1CCCN(C(=O)c2ccccc2OC(F)F)CC1. The molecule has 2 rings (SSSR count). The van der Waals surface area contributed by atoms with Crippen molar-refractivity contribution in [2.75, 3.05) is 32.7 Å². The highest BCUT2D eigenvalue weighted by Crippen LogP contribution is 2.22. The topological polar surface area (TPSA) is 75.9 Å². The largest absolute Gasteiger partial charge is 0.434 e. The van der Waals surface area contributed by atoms with Gasteiger partial charge in [0.2, 0.25) is 5.91 Å². The fourth-order valence-corrected chi connectivity index (χ4v) is 2.56. The number of ether oxygens (including phenoxy) is 1. The highest BCUT2D eigenvalue weighted by atomic mass is 19.3.